The second-order valence-electron chi connectivity index (χ2n) is 5.30. The second-order valence-corrected chi connectivity index (χ2v) is 5.30. The van der Waals surface area contributed by atoms with E-state index in [9.17, 15) is 0 Å². The topological polar surface area (TPSA) is 59.5 Å². The Bertz CT molecular complexity index is 410. The van der Waals surface area contributed by atoms with E-state index >= 15 is 0 Å². The molecule has 118 valence electrons. The number of aromatic nitrogens is 2. The van der Waals surface area contributed by atoms with Crippen LogP contribution in [0.1, 0.15) is 26.2 Å². The number of methoxy groups -OCH3 is 1. The van der Waals surface area contributed by atoms with Crippen LogP contribution in [0.25, 0.3) is 0 Å². The predicted molar refractivity (Wildman–Crippen MR) is 82.9 cm³/mol. The van der Waals surface area contributed by atoms with Crippen LogP contribution in [0, 0.1) is 0 Å². The Labute approximate surface area is 126 Å². The van der Waals surface area contributed by atoms with Crippen LogP contribution in [0.5, 0.6) is 5.88 Å². The summed E-state index contributed by atoms with van der Waals surface area (Å²) in [6, 6.07) is 0.517. The van der Waals surface area contributed by atoms with Gasteiger partial charge in [-0.1, -0.05) is 6.92 Å². The molecule has 1 aliphatic rings. The quantitative estimate of drug-likeness (QED) is 0.744. The van der Waals surface area contributed by atoms with E-state index in [0.717, 1.165) is 31.9 Å². The summed E-state index contributed by atoms with van der Waals surface area (Å²) in [5.74, 6) is 1.45. The summed E-state index contributed by atoms with van der Waals surface area (Å²) in [5.41, 5.74) is 0. The zero-order valence-electron chi connectivity index (χ0n) is 13.0. The number of ether oxygens (including phenoxy) is 2. The van der Waals surface area contributed by atoms with Gasteiger partial charge in [0.05, 0.1) is 25.6 Å². The van der Waals surface area contributed by atoms with Gasteiger partial charge in [0.25, 0.3) is 0 Å². The molecular weight excluding hydrogens is 268 g/mol. The van der Waals surface area contributed by atoms with Gasteiger partial charge >= 0.3 is 0 Å². The number of hydrogen-bond donors (Lipinski definition) is 1. The third-order valence-corrected chi connectivity index (χ3v) is 3.55. The van der Waals surface area contributed by atoms with Crippen molar-refractivity contribution in [2.24, 2.45) is 0 Å². The fraction of sp³-hybridized carbons (Fsp3) is 0.733. The normalized spacial score (nSPS) is 17.9. The molecule has 21 heavy (non-hydrogen) atoms. The van der Waals surface area contributed by atoms with E-state index in [-0.39, 0.29) is 0 Å². The minimum absolute atomic E-state index is 0.517. The molecule has 1 atom stereocenters. The van der Waals surface area contributed by atoms with Crippen molar-refractivity contribution in [3.8, 4) is 5.88 Å². The van der Waals surface area contributed by atoms with Crippen molar-refractivity contribution >= 4 is 5.82 Å². The summed E-state index contributed by atoms with van der Waals surface area (Å²) in [7, 11) is 1.72. The van der Waals surface area contributed by atoms with E-state index in [2.05, 4.69) is 27.1 Å². The number of rotatable bonds is 9. The summed E-state index contributed by atoms with van der Waals surface area (Å²) < 4.78 is 10.8. The maximum atomic E-state index is 5.57. The van der Waals surface area contributed by atoms with E-state index in [1.54, 1.807) is 19.5 Å². The number of hydrogen-bond acceptors (Lipinski definition) is 6. The van der Waals surface area contributed by atoms with Crippen molar-refractivity contribution in [3.05, 3.63) is 12.4 Å². The molecule has 0 aliphatic carbocycles. The Kier molecular flexibility index (Phi) is 6.69. The molecule has 0 aromatic carbocycles. The maximum absolute atomic E-state index is 5.57. The Balaban J connectivity index is 2.03. The molecule has 0 bridgehead atoms. The van der Waals surface area contributed by atoms with Gasteiger partial charge in [0.15, 0.2) is 5.82 Å². The van der Waals surface area contributed by atoms with Crippen LogP contribution in [-0.2, 0) is 4.74 Å². The highest BCUT2D eigenvalue weighted by atomic mass is 16.5. The molecule has 1 aromatic heterocycles. The summed E-state index contributed by atoms with van der Waals surface area (Å²) in [6.07, 6.45) is 6.88. The second kappa shape index (κ2) is 8.79. The molecule has 0 radical (unpaired) electrons. The van der Waals surface area contributed by atoms with Gasteiger partial charge in [-0.25, -0.2) is 0 Å². The molecular formula is C15H26N4O2. The average Bonchev–Trinajstić information content (AvgIpc) is 3.02. The number of nitrogens with zero attached hydrogens (tertiary/aromatic N) is 3. The summed E-state index contributed by atoms with van der Waals surface area (Å²) >= 11 is 0. The van der Waals surface area contributed by atoms with Gasteiger partial charge in [0, 0.05) is 26.2 Å². The lowest BCUT2D eigenvalue weighted by molar-refractivity contribution is 0.204. The Morgan fingerprint density at radius 2 is 2.29 bits per heavy atom. The highest BCUT2D eigenvalue weighted by molar-refractivity contribution is 5.38. The molecule has 2 rings (SSSR count). The molecule has 1 fully saturated rings. The highest BCUT2D eigenvalue weighted by Crippen LogP contribution is 2.16. The lowest BCUT2D eigenvalue weighted by Gasteiger charge is -2.26. The largest absolute Gasteiger partial charge is 0.477 e. The Morgan fingerprint density at radius 3 is 3.00 bits per heavy atom. The number of nitrogens with one attached hydrogen (secondary N) is 1. The zero-order chi connectivity index (χ0) is 14.9. The van der Waals surface area contributed by atoms with Gasteiger partial charge < -0.3 is 19.7 Å². The summed E-state index contributed by atoms with van der Waals surface area (Å²) in [5, 5.41) is 3.52. The first-order valence-corrected chi connectivity index (χ1v) is 7.75. The van der Waals surface area contributed by atoms with Crippen LogP contribution >= 0.6 is 0 Å². The minimum atomic E-state index is 0.517. The Hall–Kier alpha value is -1.40. The van der Waals surface area contributed by atoms with E-state index in [0.29, 0.717) is 25.1 Å². The average molecular weight is 294 g/mol. The number of anilines is 1. The molecule has 1 unspecified atom stereocenters. The minimum Gasteiger partial charge on any atom is -0.477 e. The first kappa shape index (κ1) is 16.0. The summed E-state index contributed by atoms with van der Waals surface area (Å²) in [6.45, 7) is 6.26. The van der Waals surface area contributed by atoms with Gasteiger partial charge in [-0.2, -0.15) is 4.98 Å². The van der Waals surface area contributed by atoms with Crippen molar-refractivity contribution in [1.29, 1.82) is 0 Å². The van der Waals surface area contributed by atoms with Crippen molar-refractivity contribution in [2.75, 3.05) is 44.9 Å². The van der Waals surface area contributed by atoms with E-state index in [1.165, 1.54) is 12.8 Å². The molecule has 0 saturated carbocycles. The van der Waals surface area contributed by atoms with Crippen molar-refractivity contribution in [2.45, 2.75) is 32.2 Å². The van der Waals surface area contributed by atoms with Gasteiger partial charge in [-0.15, -0.1) is 0 Å². The molecule has 1 saturated heterocycles. The van der Waals surface area contributed by atoms with Crippen molar-refractivity contribution < 1.29 is 9.47 Å². The zero-order valence-corrected chi connectivity index (χ0v) is 13.0. The molecule has 6 heteroatoms. The van der Waals surface area contributed by atoms with E-state index < -0.39 is 0 Å². The fourth-order valence-corrected chi connectivity index (χ4v) is 2.45. The van der Waals surface area contributed by atoms with Gasteiger partial charge in [0.1, 0.15) is 0 Å². The third-order valence-electron chi connectivity index (χ3n) is 3.55. The van der Waals surface area contributed by atoms with Crippen LogP contribution in [0.3, 0.4) is 0 Å². The van der Waals surface area contributed by atoms with Crippen LogP contribution in [0.2, 0.25) is 0 Å². The molecule has 6 nitrogen and oxygen atoms in total. The molecule has 1 N–H and O–H groups in total. The van der Waals surface area contributed by atoms with Gasteiger partial charge in [-0.05, 0) is 25.8 Å². The van der Waals surface area contributed by atoms with Crippen LogP contribution in [0.15, 0.2) is 12.4 Å². The predicted octanol–water partition coefficient (Wildman–Crippen LogP) is 1.47. The Morgan fingerprint density at radius 1 is 1.38 bits per heavy atom. The SMILES string of the molecule is CCCOc1cncc(N(CCOC)CC2CCCN2)n1. The maximum Gasteiger partial charge on any atom is 0.234 e. The van der Waals surface area contributed by atoms with E-state index in [4.69, 9.17) is 9.47 Å². The van der Waals surface area contributed by atoms with Crippen molar-refractivity contribution in [3.63, 3.8) is 0 Å². The third kappa shape index (κ3) is 5.13. The first-order valence-electron chi connectivity index (χ1n) is 7.75. The highest BCUT2D eigenvalue weighted by Gasteiger charge is 2.19. The fourth-order valence-electron chi connectivity index (χ4n) is 2.45. The van der Waals surface area contributed by atoms with Crippen LogP contribution in [-0.4, -0.2) is 56.0 Å². The molecule has 1 aromatic rings. The molecule has 1 aliphatic heterocycles. The summed E-state index contributed by atoms with van der Waals surface area (Å²) in [4.78, 5) is 11.0. The molecule has 0 spiro atoms. The molecule has 0 amide bonds. The lowest BCUT2D eigenvalue weighted by atomic mass is 10.2. The van der Waals surface area contributed by atoms with Gasteiger partial charge in [-0.3, -0.25) is 4.98 Å². The standard InChI is InChI=1S/C15H26N4O2/c1-3-8-21-15-11-16-10-14(18-15)19(7-9-20-2)12-13-5-4-6-17-13/h10-11,13,17H,3-9,12H2,1-2H3. The van der Waals surface area contributed by atoms with Crippen molar-refractivity contribution in [1.82, 2.24) is 15.3 Å². The van der Waals surface area contributed by atoms with Crippen LogP contribution in [0.4, 0.5) is 5.82 Å². The smallest absolute Gasteiger partial charge is 0.234 e. The molecule has 2 heterocycles. The van der Waals surface area contributed by atoms with E-state index in [1.807, 2.05) is 0 Å². The monoisotopic (exact) mass is 294 g/mol. The lowest BCUT2D eigenvalue weighted by Crippen LogP contribution is -2.39. The first-order chi connectivity index (χ1) is 10.3. The van der Waals surface area contributed by atoms with Gasteiger partial charge in [0.2, 0.25) is 5.88 Å². The van der Waals surface area contributed by atoms with Crippen LogP contribution < -0.4 is 15.0 Å².